The first kappa shape index (κ1) is 17.7. The third-order valence-electron chi connectivity index (χ3n) is 5.37. The zero-order chi connectivity index (χ0) is 18.0. The highest BCUT2D eigenvalue weighted by Crippen LogP contribution is 2.22. The van der Waals surface area contributed by atoms with E-state index >= 15 is 0 Å². The molecule has 1 aromatic rings. The zero-order valence-corrected chi connectivity index (χ0v) is 15.2. The van der Waals surface area contributed by atoms with Crippen LogP contribution in [0.2, 0.25) is 0 Å². The van der Waals surface area contributed by atoms with Gasteiger partial charge in [0.2, 0.25) is 11.8 Å². The molecule has 6 nitrogen and oxygen atoms in total. The molecule has 1 aromatic carbocycles. The molecule has 6 heteroatoms. The van der Waals surface area contributed by atoms with Crippen molar-refractivity contribution in [3.63, 3.8) is 0 Å². The molecule has 0 unspecified atom stereocenters. The smallest absolute Gasteiger partial charge is 0.246 e. The molecule has 3 rings (SSSR count). The topological polar surface area (TPSA) is 61.9 Å². The van der Waals surface area contributed by atoms with Crippen LogP contribution in [0.1, 0.15) is 25.8 Å². The van der Waals surface area contributed by atoms with Gasteiger partial charge in [0.25, 0.3) is 0 Å². The van der Waals surface area contributed by atoms with Gasteiger partial charge in [-0.05, 0) is 23.6 Å². The zero-order valence-electron chi connectivity index (χ0n) is 15.2. The molecule has 0 aromatic heterocycles. The second kappa shape index (κ2) is 7.44. The summed E-state index contributed by atoms with van der Waals surface area (Å²) in [5.74, 6) is 1.03. The summed E-state index contributed by atoms with van der Waals surface area (Å²) < 4.78 is 5.27. The van der Waals surface area contributed by atoms with Crippen molar-refractivity contribution >= 4 is 11.8 Å². The summed E-state index contributed by atoms with van der Waals surface area (Å²) in [6, 6.07) is 7.20. The van der Waals surface area contributed by atoms with Crippen LogP contribution in [0, 0.1) is 5.92 Å². The monoisotopic (exact) mass is 345 g/mol. The minimum Gasteiger partial charge on any atom is -0.497 e. The molecule has 0 bridgehead atoms. The number of piperazine rings is 2. The van der Waals surface area contributed by atoms with Gasteiger partial charge in [-0.3, -0.25) is 14.5 Å². The molecule has 3 atom stereocenters. The molecular formula is C19H27N3O3. The lowest BCUT2D eigenvalue weighted by Gasteiger charge is -2.46. The van der Waals surface area contributed by atoms with Crippen LogP contribution in [0.3, 0.4) is 0 Å². The fourth-order valence-corrected chi connectivity index (χ4v) is 3.61. The second-order valence-electron chi connectivity index (χ2n) is 7.01. The molecule has 2 amide bonds. The van der Waals surface area contributed by atoms with Gasteiger partial charge in [0.15, 0.2) is 0 Å². The summed E-state index contributed by atoms with van der Waals surface area (Å²) in [5, 5.41) is 2.94. The summed E-state index contributed by atoms with van der Waals surface area (Å²) >= 11 is 0. The maximum atomic E-state index is 12.7. The van der Waals surface area contributed by atoms with E-state index < -0.39 is 0 Å². The SMILES string of the molecule is CC[C@H](C)[C@@H]1NC(=O)[C@H]2CN(Cc3cccc(OC)c3)CCN2C1=O. The van der Waals surface area contributed by atoms with Crippen LogP contribution >= 0.6 is 0 Å². The number of carbonyl (C=O) groups excluding carboxylic acids is 2. The normalized spacial score (nSPS) is 25.3. The van der Waals surface area contributed by atoms with E-state index in [0.717, 1.165) is 30.8 Å². The van der Waals surface area contributed by atoms with Crippen molar-refractivity contribution in [2.24, 2.45) is 5.92 Å². The van der Waals surface area contributed by atoms with Crippen molar-refractivity contribution in [2.75, 3.05) is 26.7 Å². The Hall–Kier alpha value is -2.08. The third kappa shape index (κ3) is 3.63. The van der Waals surface area contributed by atoms with E-state index in [1.807, 2.05) is 32.0 Å². The van der Waals surface area contributed by atoms with E-state index in [1.54, 1.807) is 12.0 Å². The molecule has 136 valence electrons. The molecular weight excluding hydrogens is 318 g/mol. The molecule has 0 radical (unpaired) electrons. The molecule has 25 heavy (non-hydrogen) atoms. The minimum atomic E-state index is -0.382. The predicted molar refractivity (Wildman–Crippen MR) is 95.2 cm³/mol. The quantitative estimate of drug-likeness (QED) is 0.873. The van der Waals surface area contributed by atoms with Crippen LogP contribution in [0.5, 0.6) is 5.75 Å². The Balaban J connectivity index is 1.67. The number of hydrogen-bond acceptors (Lipinski definition) is 4. The minimum absolute atomic E-state index is 0.0276. The fraction of sp³-hybridized carbons (Fsp3) is 0.579. The van der Waals surface area contributed by atoms with Crippen molar-refractivity contribution in [1.82, 2.24) is 15.1 Å². The maximum absolute atomic E-state index is 12.7. The Bertz CT molecular complexity index is 649. The lowest BCUT2D eigenvalue weighted by atomic mass is 9.93. The summed E-state index contributed by atoms with van der Waals surface area (Å²) in [6.45, 7) is 6.76. The van der Waals surface area contributed by atoms with Gasteiger partial charge < -0.3 is 15.0 Å². The molecule has 2 heterocycles. The van der Waals surface area contributed by atoms with Gasteiger partial charge >= 0.3 is 0 Å². The van der Waals surface area contributed by atoms with E-state index in [0.29, 0.717) is 13.1 Å². The first-order valence-electron chi connectivity index (χ1n) is 8.99. The molecule has 2 aliphatic rings. The number of benzene rings is 1. The summed E-state index contributed by atoms with van der Waals surface area (Å²) in [6.07, 6.45) is 0.872. The lowest BCUT2D eigenvalue weighted by molar-refractivity contribution is -0.154. The number of nitrogens with one attached hydrogen (secondary N) is 1. The molecule has 0 aliphatic carbocycles. The first-order chi connectivity index (χ1) is 12.0. The number of methoxy groups -OCH3 is 1. The first-order valence-corrected chi connectivity index (χ1v) is 8.99. The molecule has 2 saturated heterocycles. The number of amides is 2. The van der Waals surface area contributed by atoms with Crippen molar-refractivity contribution in [2.45, 2.75) is 38.9 Å². The van der Waals surface area contributed by atoms with Crippen molar-refractivity contribution in [3.05, 3.63) is 29.8 Å². The van der Waals surface area contributed by atoms with E-state index in [4.69, 9.17) is 4.74 Å². The summed E-state index contributed by atoms with van der Waals surface area (Å²) in [5.41, 5.74) is 1.15. The van der Waals surface area contributed by atoms with Gasteiger partial charge in [-0.15, -0.1) is 0 Å². The molecule has 2 aliphatic heterocycles. The number of carbonyl (C=O) groups is 2. The Morgan fingerprint density at radius 3 is 2.84 bits per heavy atom. The van der Waals surface area contributed by atoms with Crippen molar-refractivity contribution in [3.8, 4) is 5.75 Å². The van der Waals surface area contributed by atoms with Crippen LogP contribution in [-0.4, -0.2) is 60.4 Å². The molecule has 1 N–H and O–H groups in total. The van der Waals surface area contributed by atoms with Gasteiger partial charge in [0.05, 0.1) is 7.11 Å². The van der Waals surface area contributed by atoms with Gasteiger partial charge in [-0.1, -0.05) is 32.4 Å². The van der Waals surface area contributed by atoms with E-state index in [1.165, 1.54) is 0 Å². The highest BCUT2D eigenvalue weighted by Gasteiger charge is 2.44. The number of fused-ring (bicyclic) bond motifs is 1. The maximum Gasteiger partial charge on any atom is 0.246 e. The van der Waals surface area contributed by atoms with Crippen LogP contribution in [0.15, 0.2) is 24.3 Å². The Kier molecular flexibility index (Phi) is 5.27. The second-order valence-corrected chi connectivity index (χ2v) is 7.01. The van der Waals surface area contributed by atoms with Gasteiger partial charge in [-0.25, -0.2) is 0 Å². The van der Waals surface area contributed by atoms with Crippen LogP contribution in [-0.2, 0) is 16.1 Å². The van der Waals surface area contributed by atoms with Crippen LogP contribution < -0.4 is 10.1 Å². The number of ether oxygens (including phenoxy) is 1. The number of rotatable bonds is 5. The van der Waals surface area contributed by atoms with Gasteiger partial charge in [0.1, 0.15) is 17.8 Å². The predicted octanol–water partition coefficient (Wildman–Crippen LogP) is 1.25. The van der Waals surface area contributed by atoms with Gasteiger partial charge in [-0.2, -0.15) is 0 Å². The standard InChI is InChI=1S/C19H27N3O3/c1-4-13(2)17-19(24)22-9-8-21(12-16(22)18(23)20-17)11-14-6-5-7-15(10-14)25-3/h5-7,10,13,16-17H,4,8-9,11-12H2,1-3H3,(H,20,23)/t13-,16+,17-/m0/s1. The largest absolute Gasteiger partial charge is 0.497 e. The third-order valence-corrected chi connectivity index (χ3v) is 5.37. The Labute approximate surface area is 149 Å². The number of hydrogen-bond donors (Lipinski definition) is 1. The average molecular weight is 345 g/mol. The summed E-state index contributed by atoms with van der Waals surface area (Å²) in [7, 11) is 1.66. The highest BCUT2D eigenvalue weighted by atomic mass is 16.5. The highest BCUT2D eigenvalue weighted by molar-refractivity contribution is 5.97. The fourth-order valence-electron chi connectivity index (χ4n) is 3.61. The molecule has 0 saturated carbocycles. The molecule has 2 fully saturated rings. The van der Waals surface area contributed by atoms with Crippen molar-refractivity contribution in [1.29, 1.82) is 0 Å². The number of nitrogens with zero attached hydrogens (tertiary/aromatic N) is 2. The van der Waals surface area contributed by atoms with E-state index in [9.17, 15) is 9.59 Å². The van der Waals surface area contributed by atoms with Crippen LogP contribution in [0.4, 0.5) is 0 Å². The van der Waals surface area contributed by atoms with E-state index in [2.05, 4.69) is 16.3 Å². The van der Waals surface area contributed by atoms with Crippen LogP contribution in [0.25, 0.3) is 0 Å². The summed E-state index contributed by atoms with van der Waals surface area (Å²) in [4.78, 5) is 29.3. The average Bonchev–Trinajstić information content (AvgIpc) is 2.64. The Morgan fingerprint density at radius 2 is 2.12 bits per heavy atom. The Morgan fingerprint density at radius 1 is 1.32 bits per heavy atom. The molecule has 0 spiro atoms. The lowest BCUT2D eigenvalue weighted by Crippen LogP contribution is -2.70. The van der Waals surface area contributed by atoms with Gasteiger partial charge in [0, 0.05) is 26.2 Å². The van der Waals surface area contributed by atoms with E-state index in [-0.39, 0.29) is 29.8 Å². The van der Waals surface area contributed by atoms with Crippen molar-refractivity contribution < 1.29 is 14.3 Å².